The summed E-state index contributed by atoms with van der Waals surface area (Å²) in [7, 11) is 0. The van der Waals surface area contributed by atoms with Gasteiger partial charge in [0.05, 0.1) is 0 Å². The van der Waals surface area contributed by atoms with Crippen LogP contribution in [0.1, 0.15) is 57.8 Å². The van der Waals surface area contributed by atoms with Gasteiger partial charge in [0, 0.05) is 6.04 Å². The van der Waals surface area contributed by atoms with Crippen molar-refractivity contribution in [2.45, 2.75) is 63.8 Å². The smallest absolute Gasteiger partial charge is 0.00671 e. The van der Waals surface area contributed by atoms with Crippen LogP contribution in [0, 0.1) is 5.92 Å². The summed E-state index contributed by atoms with van der Waals surface area (Å²) < 4.78 is 0. The van der Waals surface area contributed by atoms with Crippen LogP contribution in [-0.2, 0) is 0 Å². The van der Waals surface area contributed by atoms with Crippen LogP contribution < -0.4 is 5.32 Å². The Morgan fingerprint density at radius 1 is 0.857 bits per heavy atom. The van der Waals surface area contributed by atoms with Gasteiger partial charge in [-0.2, -0.15) is 0 Å². The van der Waals surface area contributed by atoms with E-state index in [1.54, 1.807) is 0 Å². The summed E-state index contributed by atoms with van der Waals surface area (Å²) in [5.74, 6) is 1.09. The van der Waals surface area contributed by atoms with Gasteiger partial charge in [-0.1, -0.05) is 32.1 Å². The molecule has 14 heavy (non-hydrogen) atoms. The summed E-state index contributed by atoms with van der Waals surface area (Å²) in [4.78, 5) is 0. The van der Waals surface area contributed by atoms with Crippen molar-refractivity contribution in [3.8, 4) is 0 Å². The van der Waals surface area contributed by atoms with Crippen molar-refractivity contribution in [1.82, 2.24) is 5.32 Å². The van der Waals surface area contributed by atoms with E-state index < -0.39 is 0 Å². The van der Waals surface area contributed by atoms with Crippen LogP contribution in [-0.4, -0.2) is 12.6 Å². The topological polar surface area (TPSA) is 12.0 Å². The number of halogens is 1. The Balaban J connectivity index is 0.000000980. The lowest BCUT2D eigenvalue weighted by Gasteiger charge is -2.24. The van der Waals surface area contributed by atoms with Gasteiger partial charge in [-0.05, 0) is 38.1 Å². The van der Waals surface area contributed by atoms with Crippen LogP contribution in [0.3, 0.4) is 0 Å². The average molecular weight is 218 g/mol. The van der Waals surface area contributed by atoms with Gasteiger partial charge in [0.15, 0.2) is 0 Å². The molecule has 2 rings (SSSR count). The zero-order valence-electron chi connectivity index (χ0n) is 9.13. The van der Waals surface area contributed by atoms with Crippen LogP contribution >= 0.6 is 12.4 Å². The van der Waals surface area contributed by atoms with Crippen molar-refractivity contribution < 1.29 is 0 Å². The Kier molecular flexibility index (Phi) is 5.88. The minimum Gasteiger partial charge on any atom is -0.314 e. The monoisotopic (exact) mass is 217 g/mol. The van der Waals surface area contributed by atoms with Crippen LogP contribution in [0.4, 0.5) is 0 Å². The fourth-order valence-electron chi connectivity index (χ4n) is 2.91. The first kappa shape index (κ1) is 12.3. The van der Waals surface area contributed by atoms with Gasteiger partial charge in [0.1, 0.15) is 0 Å². The molecule has 1 unspecified atom stereocenters. The molecule has 0 bridgehead atoms. The molecular formula is C12H24ClN. The van der Waals surface area contributed by atoms with E-state index in [4.69, 9.17) is 0 Å². The molecule has 1 nitrogen and oxygen atoms in total. The van der Waals surface area contributed by atoms with Crippen molar-refractivity contribution in [3.05, 3.63) is 0 Å². The zero-order valence-corrected chi connectivity index (χ0v) is 9.95. The molecule has 2 heteroatoms. The maximum atomic E-state index is 3.64. The lowest BCUT2D eigenvalue weighted by Crippen LogP contribution is -2.34. The highest BCUT2D eigenvalue weighted by molar-refractivity contribution is 5.85. The van der Waals surface area contributed by atoms with E-state index >= 15 is 0 Å². The fourth-order valence-corrected chi connectivity index (χ4v) is 2.91. The highest BCUT2D eigenvalue weighted by atomic mass is 35.5. The minimum absolute atomic E-state index is 0. The van der Waals surface area contributed by atoms with Gasteiger partial charge in [-0.25, -0.2) is 0 Å². The van der Waals surface area contributed by atoms with E-state index in [1.165, 1.54) is 64.3 Å². The molecule has 0 spiro atoms. The Labute approximate surface area is 94.4 Å². The second-order valence-corrected chi connectivity index (χ2v) is 4.87. The number of hydrogen-bond donors (Lipinski definition) is 1. The van der Waals surface area contributed by atoms with E-state index in [1.807, 2.05) is 0 Å². The van der Waals surface area contributed by atoms with Crippen molar-refractivity contribution in [1.29, 1.82) is 0 Å². The van der Waals surface area contributed by atoms with E-state index in [9.17, 15) is 0 Å². The fraction of sp³-hybridized carbons (Fsp3) is 1.00. The molecule has 1 N–H and O–H groups in total. The molecule has 1 atom stereocenters. The molecule has 0 aromatic rings. The third kappa shape index (κ3) is 3.78. The SMILES string of the molecule is C1CCC(CCC2CCCC2)NC1.Cl. The third-order valence-electron chi connectivity index (χ3n) is 3.81. The largest absolute Gasteiger partial charge is 0.314 e. The highest BCUT2D eigenvalue weighted by Crippen LogP contribution is 2.29. The quantitative estimate of drug-likeness (QED) is 0.763. The summed E-state index contributed by atoms with van der Waals surface area (Å²) in [5.41, 5.74) is 0. The summed E-state index contributed by atoms with van der Waals surface area (Å²) >= 11 is 0. The minimum atomic E-state index is 0. The molecule has 0 aromatic heterocycles. The van der Waals surface area contributed by atoms with E-state index in [0.29, 0.717) is 0 Å². The van der Waals surface area contributed by atoms with E-state index in [0.717, 1.165) is 12.0 Å². The lowest BCUT2D eigenvalue weighted by molar-refractivity contribution is 0.347. The Hall–Kier alpha value is 0.250. The first-order valence-corrected chi connectivity index (χ1v) is 6.18. The summed E-state index contributed by atoms with van der Waals surface area (Å²) in [5, 5.41) is 3.64. The molecule has 2 fully saturated rings. The predicted molar refractivity (Wildman–Crippen MR) is 64.1 cm³/mol. The second kappa shape index (κ2) is 6.68. The van der Waals surface area contributed by atoms with Crippen LogP contribution in [0.25, 0.3) is 0 Å². The van der Waals surface area contributed by atoms with Gasteiger partial charge in [-0.3, -0.25) is 0 Å². The molecule has 1 saturated carbocycles. The maximum Gasteiger partial charge on any atom is 0.00671 e. The average Bonchev–Trinajstić information content (AvgIpc) is 2.69. The number of piperidine rings is 1. The summed E-state index contributed by atoms with van der Waals surface area (Å²) in [6.07, 6.45) is 13.3. The molecule has 0 amide bonds. The predicted octanol–water partition coefficient (Wildman–Crippen LogP) is 3.52. The van der Waals surface area contributed by atoms with Gasteiger partial charge in [0.25, 0.3) is 0 Å². The molecule has 1 heterocycles. The van der Waals surface area contributed by atoms with E-state index in [-0.39, 0.29) is 12.4 Å². The van der Waals surface area contributed by atoms with Crippen molar-refractivity contribution in [2.24, 2.45) is 5.92 Å². The van der Waals surface area contributed by atoms with Crippen molar-refractivity contribution in [2.75, 3.05) is 6.54 Å². The molecule has 2 aliphatic rings. The van der Waals surface area contributed by atoms with Gasteiger partial charge in [-0.15, -0.1) is 12.4 Å². The summed E-state index contributed by atoms with van der Waals surface area (Å²) in [6, 6.07) is 0.870. The Morgan fingerprint density at radius 3 is 2.21 bits per heavy atom. The Morgan fingerprint density at radius 2 is 1.57 bits per heavy atom. The molecule has 84 valence electrons. The molecule has 1 aliphatic heterocycles. The summed E-state index contributed by atoms with van der Waals surface area (Å²) in [6.45, 7) is 1.27. The van der Waals surface area contributed by atoms with Gasteiger partial charge < -0.3 is 5.32 Å². The van der Waals surface area contributed by atoms with Crippen molar-refractivity contribution in [3.63, 3.8) is 0 Å². The van der Waals surface area contributed by atoms with Crippen molar-refractivity contribution >= 4 is 12.4 Å². The Bertz CT molecular complexity index is 137. The van der Waals surface area contributed by atoms with Crippen LogP contribution in [0.2, 0.25) is 0 Å². The number of rotatable bonds is 3. The normalized spacial score (nSPS) is 28.7. The lowest BCUT2D eigenvalue weighted by atomic mass is 9.94. The molecule has 1 aliphatic carbocycles. The second-order valence-electron chi connectivity index (χ2n) is 4.87. The van der Waals surface area contributed by atoms with Gasteiger partial charge >= 0.3 is 0 Å². The first-order chi connectivity index (χ1) is 6.45. The molecule has 0 aromatic carbocycles. The molecule has 0 radical (unpaired) electrons. The molecular weight excluding hydrogens is 194 g/mol. The highest BCUT2D eigenvalue weighted by Gasteiger charge is 2.18. The van der Waals surface area contributed by atoms with E-state index in [2.05, 4.69) is 5.32 Å². The van der Waals surface area contributed by atoms with Gasteiger partial charge in [0.2, 0.25) is 0 Å². The van der Waals surface area contributed by atoms with Crippen LogP contribution in [0.5, 0.6) is 0 Å². The zero-order chi connectivity index (χ0) is 8.93. The molecule has 1 saturated heterocycles. The van der Waals surface area contributed by atoms with Crippen LogP contribution in [0.15, 0.2) is 0 Å². The number of hydrogen-bond acceptors (Lipinski definition) is 1. The maximum absolute atomic E-state index is 3.64. The number of nitrogens with one attached hydrogen (secondary N) is 1. The standard InChI is InChI=1S/C12H23N.ClH/c1-2-6-11(5-1)8-9-12-7-3-4-10-13-12;/h11-13H,1-10H2;1H. The third-order valence-corrected chi connectivity index (χ3v) is 3.81. The first-order valence-electron chi connectivity index (χ1n) is 6.18.